The van der Waals surface area contributed by atoms with Crippen molar-refractivity contribution in [3.8, 4) is 0 Å². The predicted molar refractivity (Wildman–Crippen MR) is 110 cm³/mol. The van der Waals surface area contributed by atoms with Gasteiger partial charge in [0.05, 0.1) is 11.3 Å². The Morgan fingerprint density at radius 1 is 1.07 bits per heavy atom. The average molecular weight is 382 g/mol. The molecular weight excluding hydrogens is 358 g/mol. The summed E-state index contributed by atoms with van der Waals surface area (Å²) in [5.41, 5.74) is 2.89. The van der Waals surface area contributed by atoms with Gasteiger partial charge in [0.1, 0.15) is 0 Å². The predicted octanol–water partition coefficient (Wildman–Crippen LogP) is 3.32. The molecule has 0 unspecified atom stereocenters. The van der Waals surface area contributed by atoms with Crippen LogP contribution < -0.4 is 5.32 Å². The molecular formula is C21H23N3O2S. The van der Waals surface area contributed by atoms with Gasteiger partial charge in [0.25, 0.3) is 5.91 Å². The molecule has 0 atom stereocenters. The summed E-state index contributed by atoms with van der Waals surface area (Å²) in [6.45, 7) is 0.552. The summed E-state index contributed by atoms with van der Waals surface area (Å²) in [4.78, 5) is 30.0. The number of aromatic amines is 1. The monoisotopic (exact) mass is 381 g/mol. The Bertz CT molecular complexity index is 949. The Labute approximate surface area is 163 Å². The molecule has 3 aromatic rings. The minimum atomic E-state index is -0.116. The molecule has 3 rings (SSSR count). The molecule has 0 spiro atoms. The van der Waals surface area contributed by atoms with E-state index in [0.29, 0.717) is 17.9 Å². The largest absolute Gasteiger partial charge is 0.361 e. The van der Waals surface area contributed by atoms with Crippen LogP contribution in [-0.2, 0) is 11.2 Å². The van der Waals surface area contributed by atoms with Crippen LogP contribution in [0.3, 0.4) is 0 Å². The molecule has 0 saturated carbocycles. The van der Waals surface area contributed by atoms with E-state index in [4.69, 9.17) is 0 Å². The number of nitrogens with zero attached hydrogens (tertiary/aromatic N) is 1. The van der Waals surface area contributed by atoms with Gasteiger partial charge in [-0.3, -0.25) is 9.59 Å². The van der Waals surface area contributed by atoms with Gasteiger partial charge in [-0.1, -0.05) is 30.3 Å². The molecule has 27 heavy (non-hydrogen) atoms. The van der Waals surface area contributed by atoms with Crippen molar-refractivity contribution in [3.05, 3.63) is 65.9 Å². The number of hydrogen-bond donors (Lipinski definition) is 2. The third kappa shape index (κ3) is 4.71. The van der Waals surface area contributed by atoms with Gasteiger partial charge in [-0.15, -0.1) is 11.8 Å². The molecule has 0 radical (unpaired) electrons. The van der Waals surface area contributed by atoms with Crippen molar-refractivity contribution >= 4 is 34.5 Å². The van der Waals surface area contributed by atoms with Crippen LogP contribution in [0.1, 0.15) is 15.9 Å². The Balaban J connectivity index is 1.60. The highest BCUT2D eigenvalue weighted by Gasteiger charge is 2.13. The van der Waals surface area contributed by atoms with Crippen LogP contribution in [0.4, 0.5) is 0 Å². The maximum absolute atomic E-state index is 12.6. The molecule has 0 aliphatic rings. The van der Waals surface area contributed by atoms with Crippen LogP contribution in [0, 0.1) is 0 Å². The SMILES string of the molecule is CN(C)C(=O)CSc1ccccc1C(=O)NCCc1c[nH]c2ccccc12. The molecule has 2 N–H and O–H groups in total. The van der Waals surface area contributed by atoms with Gasteiger partial charge in [-0.2, -0.15) is 0 Å². The number of nitrogens with one attached hydrogen (secondary N) is 2. The summed E-state index contributed by atoms with van der Waals surface area (Å²) in [6.07, 6.45) is 2.75. The van der Waals surface area contributed by atoms with Crippen LogP contribution >= 0.6 is 11.8 Å². The first-order valence-corrected chi connectivity index (χ1v) is 9.80. The lowest BCUT2D eigenvalue weighted by atomic mass is 10.1. The summed E-state index contributed by atoms with van der Waals surface area (Å²) >= 11 is 1.39. The van der Waals surface area contributed by atoms with Crippen molar-refractivity contribution < 1.29 is 9.59 Å². The fourth-order valence-corrected chi connectivity index (χ4v) is 3.82. The standard InChI is InChI=1S/C21H23N3O2S/c1-24(2)20(25)14-27-19-10-6-4-8-17(19)21(26)22-12-11-15-13-23-18-9-5-3-7-16(15)18/h3-10,13,23H,11-12,14H2,1-2H3,(H,22,26). The quantitative estimate of drug-likeness (QED) is 0.617. The number of amides is 2. The molecule has 0 saturated heterocycles. The number of H-pyrrole nitrogens is 1. The zero-order valence-corrected chi connectivity index (χ0v) is 16.3. The lowest BCUT2D eigenvalue weighted by Gasteiger charge is -2.12. The fourth-order valence-electron chi connectivity index (χ4n) is 2.79. The van der Waals surface area contributed by atoms with Gasteiger partial charge in [-0.05, 0) is 30.2 Å². The van der Waals surface area contributed by atoms with Crippen LogP contribution in [-0.4, -0.2) is 48.1 Å². The Morgan fingerprint density at radius 2 is 1.81 bits per heavy atom. The molecule has 0 aliphatic carbocycles. The second kappa shape index (κ2) is 8.77. The minimum absolute atomic E-state index is 0.0227. The maximum Gasteiger partial charge on any atom is 0.252 e. The lowest BCUT2D eigenvalue weighted by molar-refractivity contribution is -0.125. The third-order valence-electron chi connectivity index (χ3n) is 4.34. The first-order valence-electron chi connectivity index (χ1n) is 8.81. The summed E-state index contributed by atoms with van der Waals surface area (Å²) in [5, 5.41) is 4.18. The zero-order chi connectivity index (χ0) is 19.2. The number of hydrogen-bond acceptors (Lipinski definition) is 3. The van der Waals surface area contributed by atoms with E-state index in [2.05, 4.69) is 16.4 Å². The Kier molecular flexibility index (Phi) is 6.19. The van der Waals surface area contributed by atoms with E-state index in [0.717, 1.165) is 16.8 Å². The van der Waals surface area contributed by atoms with Gasteiger partial charge in [0.2, 0.25) is 5.91 Å². The van der Waals surface area contributed by atoms with Crippen molar-refractivity contribution in [3.63, 3.8) is 0 Å². The molecule has 0 bridgehead atoms. The van der Waals surface area contributed by atoms with E-state index in [9.17, 15) is 9.59 Å². The molecule has 0 fully saturated rings. The van der Waals surface area contributed by atoms with E-state index in [1.54, 1.807) is 25.1 Å². The topological polar surface area (TPSA) is 65.2 Å². The van der Waals surface area contributed by atoms with E-state index in [1.165, 1.54) is 22.7 Å². The fraction of sp³-hybridized carbons (Fsp3) is 0.238. The number of benzene rings is 2. The summed E-state index contributed by atoms with van der Waals surface area (Å²) in [7, 11) is 3.46. The van der Waals surface area contributed by atoms with Crippen LogP contribution in [0.15, 0.2) is 59.6 Å². The molecule has 2 aromatic carbocycles. The van der Waals surface area contributed by atoms with Crippen molar-refractivity contribution in [1.29, 1.82) is 0 Å². The van der Waals surface area contributed by atoms with E-state index < -0.39 is 0 Å². The van der Waals surface area contributed by atoms with Crippen molar-refractivity contribution in [1.82, 2.24) is 15.2 Å². The van der Waals surface area contributed by atoms with Crippen LogP contribution in [0.5, 0.6) is 0 Å². The number of thioether (sulfide) groups is 1. The smallest absolute Gasteiger partial charge is 0.252 e. The zero-order valence-electron chi connectivity index (χ0n) is 15.5. The number of para-hydroxylation sites is 1. The Hall–Kier alpha value is -2.73. The normalized spacial score (nSPS) is 10.7. The highest BCUT2D eigenvalue weighted by Crippen LogP contribution is 2.23. The maximum atomic E-state index is 12.6. The van der Waals surface area contributed by atoms with Crippen LogP contribution in [0.25, 0.3) is 10.9 Å². The van der Waals surface area contributed by atoms with E-state index >= 15 is 0 Å². The molecule has 0 aliphatic heterocycles. The molecule has 2 amide bonds. The molecule has 5 nitrogen and oxygen atoms in total. The number of fused-ring (bicyclic) bond motifs is 1. The van der Waals surface area contributed by atoms with Gasteiger partial charge in [0.15, 0.2) is 0 Å². The first-order chi connectivity index (χ1) is 13.1. The molecule has 1 heterocycles. The molecule has 1 aromatic heterocycles. The third-order valence-corrected chi connectivity index (χ3v) is 5.39. The molecule has 140 valence electrons. The van der Waals surface area contributed by atoms with Crippen LogP contribution in [0.2, 0.25) is 0 Å². The number of carbonyl (C=O) groups is 2. The van der Waals surface area contributed by atoms with Crippen molar-refractivity contribution in [2.45, 2.75) is 11.3 Å². The number of carbonyl (C=O) groups excluding carboxylic acids is 2. The van der Waals surface area contributed by atoms with Gasteiger partial charge in [0, 0.05) is 42.6 Å². The molecule has 6 heteroatoms. The van der Waals surface area contributed by atoms with E-state index in [-0.39, 0.29) is 11.8 Å². The average Bonchev–Trinajstić information content (AvgIpc) is 3.09. The van der Waals surface area contributed by atoms with Crippen molar-refractivity contribution in [2.24, 2.45) is 0 Å². The number of aromatic nitrogens is 1. The summed E-state index contributed by atoms with van der Waals surface area (Å²) < 4.78 is 0. The van der Waals surface area contributed by atoms with Gasteiger partial charge < -0.3 is 15.2 Å². The van der Waals surface area contributed by atoms with Crippen molar-refractivity contribution in [2.75, 3.05) is 26.4 Å². The minimum Gasteiger partial charge on any atom is -0.361 e. The summed E-state index contributed by atoms with van der Waals surface area (Å²) in [6, 6.07) is 15.5. The lowest BCUT2D eigenvalue weighted by Crippen LogP contribution is -2.26. The van der Waals surface area contributed by atoms with Gasteiger partial charge >= 0.3 is 0 Å². The highest BCUT2D eigenvalue weighted by atomic mass is 32.2. The second-order valence-electron chi connectivity index (χ2n) is 6.44. The summed E-state index contributed by atoms with van der Waals surface area (Å²) in [5.74, 6) is 0.219. The first kappa shape index (κ1) is 19.0. The highest BCUT2D eigenvalue weighted by molar-refractivity contribution is 8.00. The number of rotatable bonds is 7. The Morgan fingerprint density at radius 3 is 2.63 bits per heavy atom. The van der Waals surface area contributed by atoms with E-state index in [1.807, 2.05) is 42.6 Å². The van der Waals surface area contributed by atoms with Gasteiger partial charge in [-0.25, -0.2) is 0 Å². The second-order valence-corrected chi connectivity index (χ2v) is 7.46.